The van der Waals surface area contributed by atoms with Gasteiger partial charge in [0.1, 0.15) is 0 Å². The molecule has 0 aliphatic rings. The first kappa shape index (κ1) is 42.4. The number of hydrogen-bond donors (Lipinski definition) is 3. The third-order valence-corrected chi connectivity index (χ3v) is 9.54. The highest BCUT2D eigenvalue weighted by molar-refractivity contribution is 5.78. The second-order valence-corrected chi connectivity index (χ2v) is 13.9. The molecule has 4 heteroatoms. The lowest BCUT2D eigenvalue weighted by Gasteiger charge is -2.17. The summed E-state index contributed by atoms with van der Waals surface area (Å²) in [4.78, 5) is 13.1. The predicted molar refractivity (Wildman–Crippen MR) is 191 cm³/mol. The summed E-state index contributed by atoms with van der Waals surface area (Å²) in [6, 6.07) is 0.693. The fourth-order valence-electron chi connectivity index (χ4n) is 6.47. The van der Waals surface area contributed by atoms with Crippen molar-refractivity contribution in [3.63, 3.8) is 0 Å². The maximum Gasteiger partial charge on any atom is 0.223 e. The Kier molecular flexibility index (Phi) is 33.8. The van der Waals surface area contributed by atoms with E-state index in [0.717, 1.165) is 38.6 Å². The van der Waals surface area contributed by atoms with Crippen LogP contribution >= 0.6 is 0 Å². The largest absolute Gasteiger partial charge is 0.393 e. The smallest absolute Gasteiger partial charge is 0.223 e. The molecule has 0 saturated carbocycles. The van der Waals surface area contributed by atoms with Crippen LogP contribution in [0.1, 0.15) is 213 Å². The number of amides is 1. The van der Waals surface area contributed by atoms with E-state index < -0.39 is 0 Å². The minimum atomic E-state index is -0.162. The molecule has 3 unspecified atom stereocenters. The van der Waals surface area contributed by atoms with Gasteiger partial charge in [-0.15, -0.1) is 0 Å². The molecule has 0 aromatic heterocycles. The number of nitrogens with one attached hydrogen (secondary N) is 2. The van der Waals surface area contributed by atoms with Crippen LogP contribution in [0.15, 0.2) is 0 Å². The zero-order valence-electron chi connectivity index (χ0n) is 30.0. The van der Waals surface area contributed by atoms with Gasteiger partial charge in [0.25, 0.3) is 0 Å². The van der Waals surface area contributed by atoms with Crippen molar-refractivity contribution in [1.29, 1.82) is 0 Å². The van der Waals surface area contributed by atoms with Gasteiger partial charge >= 0.3 is 0 Å². The van der Waals surface area contributed by atoms with E-state index in [9.17, 15) is 9.90 Å². The van der Waals surface area contributed by atoms with Gasteiger partial charge in [0.05, 0.1) is 6.10 Å². The summed E-state index contributed by atoms with van der Waals surface area (Å²) in [6.07, 6.45) is 38.1. The number of aliphatic hydroxyl groups is 1. The Morgan fingerprint density at radius 2 is 0.860 bits per heavy atom. The molecular weight excluding hydrogens is 528 g/mol. The fraction of sp³-hybridized carbons (Fsp3) is 0.974. The maximum atomic E-state index is 13.1. The van der Waals surface area contributed by atoms with Crippen molar-refractivity contribution in [2.75, 3.05) is 13.6 Å². The van der Waals surface area contributed by atoms with Gasteiger partial charge in [-0.2, -0.15) is 0 Å². The molecule has 3 atom stereocenters. The molecule has 0 rings (SSSR count). The van der Waals surface area contributed by atoms with E-state index in [4.69, 9.17) is 0 Å². The van der Waals surface area contributed by atoms with Crippen molar-refractivity contribution in [2.24, 2.45) is 5.92 Å². The van der Waals surface area contributed by atoms with Crippen molar-refractivity contribution in [3.8, 4) is 0 Å². The molecule has 0 heterocycles. The van der Waals surface area contributed by atoms with Crippen LogP contribution in [0, 0.1) is 5.92 Å². The van der Waals surface area contributed by atoms with Gasteiger partial charge in [0, 0.05) is 18.5 Å². The molecule has 0 spiro atoms. The average Bonchev–Trinajstić information content (AvgIpc) is 3.00. The molecule has 0 aromatic carbocycles. The van der Waals surface area contributed by atoms with E-state index >= 15 is 0 Å². The van der Waals surface area contributed by atoms with Gasteiger partial charge < -0.3 is 15.7 Å². The molecule has 0 aromatic rings. The quantitative estimate of drug-likeness (QED) is 0.0627. The number of aliphatic hydroxyl groups excluding tert-OH is 1. The molecular formula is C39H80N2O2. The topological polar surface area (TPSA) is 61.4 Å². The lowest BCUT2D eigenvalue weighted by molar-refractivity contribution is -0.125. The number of rotatable bonds is 35. The normalized spacial score (nSPS) is 13.7. The number of carbonyl (C=O) groups is 1. The van der Waals surface area contributed by atoms with E-state index in [2.05, 4.69) is 31.5 Å². The van der Waals surface area contributed by atoms with Crippen LogP contribution in [0.3, 0.4) is 0 Å². The van der Waals surface area contributed by atoms with Crippen LogP contribution in [0.5, 0.6) is 0 Å². The van der Waals surface area contributed by atoms with E-state index in [1.807, 2.05) is 6.92 Å². The van der Waals surface area contributed by atoms with Crippen LogP contribution in [-0.4, -0.2) is 36.8 Å². The third-order valence-electron chi connectivity index (χ3n) is 9.54. The molecule has 0 fully saturated rings. The van der Waals surface area contributed by atoms with E-state index in [1.165, 1.54) is 161 Å². The van der Waals surface area contributed by atoms with Crippen molar-refractivity contribution in [1.82, 2.24) is 10.6 Å². The van der Waals surface area contributed by atoms with E-state index in [-0.39, 0.29) is 12.0 Å². The van der Waals surface area contributed by atoms with Crippen molar-refractivity contribution in [3.05, 3.63) is 0 Å². The van der Waals surface area contributed by atoms with E-state index in [1.54, 1.807) is 0 Å². The molecule has 43 heavy (non-hydrogen) atoms. The first-order chi connectivity index (χ1) is 21.0. The van der Waals surface area contributed by atoms with Gasteiger partial charge in [-0.3, -0.25) is 4.79 Å². The summed E-state index contributed by atoms with van der Waals surface area (Å²) >= 11 is 0. The molecule has 1 amide bonds. The van der Waals surface area contributed by atoms with Crippen LogP contribution < -0.4 is 10.6 Å². The van der Waals surface area contributed by atoms with Crippen molar-refractivity contribution >= 4 is 5.91 Å². The van der Waals surface area contributed by atoms with E-state index in [0.29, 0.717) is 11.9 Å². The summed E-state index contributed by atoms with van der Waals surface area (Å²) in [5, 5.41) is 16.3. The Morgan fingerprint density at radius 1 is 0.512 bits per heavy atom. The van der Waals surface area contributed by atoms with Gasteiger partial charge in [0.2, 0.25) is 5.91 Å². The zero-order chi connectivity index (χ0) is 31.6. The lowest BCUT2D eigenvalue weighted by Crippen LogP contribution is -2.31. The second kappa shape index (κ2) is 34.3. The van der Waals surface area contributed by atoms with Crippen LogP contribution in [0.25, 0.3) is 0 Å². The summed E-state index contributed by atoms with van der Waals surface area (Å²) in [5.41, 5.74) is 0. The van der Waals surface area contributed by atoms with Crippen LogP contribution in [-0.2, 0) is 4.79 Å². The predicted octanol–water partition coefficient (Wildman–Crippen LogP) is 11.4. The summed E-state index contributed by atoms with van der Waals surface area (Å²) in [5.74, 6) is 0.529. The highest BCUT2D eigenvalue weighted by Gasteiger charge is 2.17. The Balaban J connectivity index is 4.19. The van der Waals surface area contributed by atoms with Crippen LogP contribution in [0.2, 0.25) is 0 Å². The Hall–Kier alpha value is -0.610. The summed E-state index contributed by atoms with van der Waals surface area (Å²) in [6.45, 7) is 7.31. The number of unbranched alkanes of at least 4 members (excludes halogenated alkanes) is 21. The molecule has 4 nitrogen and oxygen atoms in total. The SMILES string of the molecule is CCCCCCCCCCNC(=O)C(CCCCCCCCC(C)O)CCCCCCCC(CCCCCCCC)NC. The van der Waals surface area contributed by atoms with Crippen molar-refractivity contribution < 1.29 is 9.90 Å². The highest BCUT2D eigenvalue weighted by Crippen LogP contribution is 2.21. The fourth-order valence-corrected chi connectivity index (χ4v) is 6.47. The average molecular weight is 609 g/mol. The molecule has 3 N–H and O–H groups in total. The number of carbonyl (C=O) groups excluding carboxylic acids is 1. The zero-order valence-corrected chi connectivity index (χ0v) is 30.0. The molecule has 0 bridgehead atoms. The minimum Gasteiger partial charge on any atom is -0.393 e. The molecule has 0 radical (unpaired) electrons. The summed E-state index contributed by atoms with van der Waals surface area (Å²) < 4.78 is 0. The van der Waals surface area contributed by atoms with Gasteiger partial charge in [-0.05, 0) is 52.5 Å². The Bertz CT molecular complexity index is 553. The summed E-state index contributed by atoms with van der Waals surface area (Å²) in [7, 11) is 2.14. The van der Waals surface area contributed by atoms with Crippen molar-refractivity contribution in [2.45, 2.75) is 226 Å². The Morgan fingerprint density at radius 3 is 1.26 bits per heavy atom. The minimum absolute atomic E-state index is 0.162. The number of hydrogen-bond acceptors (Lipinski definition) is 3. The molecule has 0 aliphatic carbocycles. The standard InChI is InChI=1S/C39H80N2O2/c1-5-7-9-11-13-16-23-29-35-41-39(43)37(31-25-19-15-14-18-24-30-36(3)42)32-26-20-17-22-28-34-38(40-4)33-27-21-12-10-8-6-2/h36-38,40,42H,5-35H2,1-4H3,(H,41,43). The second-order valence-electron chi connectivity index (χ2n) is 13.9. The van der Waals surface area contributed by atoms with Gasteiger partial charge in [-0.1, -0.05) is 168 Å². The molecule has 258 valence electrons. The molecule has 0 saturated heterocycles. The monoisotopic (exact) mass is 609 g/mol. The van der Waals surface area contributed by atoms with Gasteiger partial charge in [-0.25, -0.2) is 0 Å². The highest BCUT2D eigenvalue weighted by atomic mass is 16.3. The third kappa shape index (κ3) is 31.2. The first-order valence-corrected chi connectivity index (χ1v) is 19.7. The molecule has 0 aliphatic heterocycles. The first-order valence-electron chi connectivity index (χ1n) is 19.7. The van der Waals surface area contributed by atoms with Crippen LogP contribution in [0.4, 0.5) is 0 Å². The lowest BCUT2D eigenvalue weighted by atomic mass is 9.93. The Labute approximate surface area is 271 Å². The maximum absolute atomic E-state index is 13.1. The van der Waals surface area contributed by atoms with Gasteiger partial charge in [0.15, 0.2) is 0 Å².